The molecule has 0 bridgehead atoms. The zero-order valence-corrected chi connectivity index (χ0v) is 20.1. The van der Waals surface area contributed by atoms with Crippen molar-refractivity contribution in [1.82, 2.24) is 0 Å². The summed E-state index contributed by atoms with van der Waals surface area (Å²) in [5.74, 6) is 0.558. The molecule has 0 unspecified atom stereocenters. The predicted octanol–water partition coefficient (Wildman–Crippen LogP) is 5.41. The number of benzene rings is 4. The average molecular weight is 481 g/mol. The van der Waals surface area contributed by atoms with Crippen LogP contribution in [0.5, 0.6) is 17.2 Å². The Balaban J connectivity index is 1.83. The van der Waals surface area contributed by atoms with Crippen LogP contribution in [0.25, 0.3) is 0 Å². The Labute approximate surface area is 209 Å². The van der Waals surface area contributed by atoms with Gasteiger partial charge in [0.05, 0.1) is 21.3 Å². The lowest BCUT2D eigenvalue weighted by Crippen LogP contribution is -2.11. The van der Waals surface area contributed by atoms with Gasteiger partial charge in [-0.1, -0.05) is 36.4 Å². The smallest absolute Gasteiger partial charge is 0.193 e. The minimum atomic E-state index is -0.339. The molecule has 0 aliphatic rings. The van der Waals surface area contributed by atoms with E-state index < -0.39 is 0 Å². The van der Waals surface area contributed by atoms with Crippen LogP contribution in [0, 0.1) is 0 Å². The van der Waals surface area contributed by atoms with Gasteiger partial charge in [0, 0.05) is 33.4 Å². The maximum atomic E-state index is 13.4. The Bertz CT molecular complexity index is 1270. The monoisotopic (exact) mass is 480 g/mol. The van der Waals surface area contributed by atoms with Crippen molar-refractivity contribution in [2.24, 2.45) is 0 Å². The molecule has 6 nitrogen and oxygen atoms in total. The standard InChI is InChI=1S/C30H24O6/c1-34-25-10-4-7-19(16-25)28(31)22-13-23(29(32)20-8-5-11-26(17-20)35-2)15-24(14-22)30(33)21-9-6-12-27(18-21)36-3/h4-18H,1-3H3. The van der Waals surface area contributed by atoms with Gasteiger partial charge in [-0.15, -0.1) is 0 Å². The van der Waals surface area contributed by atoms with Gasteiger partial charge in [0.15, 0.2) is 17.3 Å². The second-order valence-electron chi connectivity index (χ2n) is 7.98. The number of hydrogen-bond donors (Lipinski definition) is 0. The van der Waals surface area contributed by atoms with Gasteiger partial charge in [0.1, 0.15) is 17.2 Å². The van der Waals surface area contributed by atoms with Crippen molar-refractivity contribution in [3.05, 3.63) is 124 Å². The number of rotatable bonds is 9. The van der Waals surface area contributed by atoms with E-state index in [1.165, 1.54) is 39.5 Å². The van der Waals surface area contributed by atoms with Gasteiger partial charge in [-0.25, -0.2) is 0 Å². The van der Waals surface area contributed by atoms with E-state index in [4.69, 9.17) is 14.2 Å². The molecule has 180 valence electrons. The van der Waals surface area contributed by atoms with Gasteiger partial charge in [0.25, 0.3) is 0 Å². The van der Waals surface area contributed by atoms with Crippen LogP contribution in [0.2, 0.25) is 0 Å². The Morgan fingerprint density at radius 1 is 0.417 bits per heavy atom. The number of methoxy groups -OCH3 is 3. The highest BCUT2D eigenvalue weighted by Gasteiger charge is 2.20. The molecule has 0 radical (unpaired) electrons. The fourth-order valence-electron chi connectivity index (χ4n) is 3.81. The van der Waals surface area contributed by atoms with Crippen LogP contribution in [-0.4, -0.2) is 38.7 Å². The minimum Gasteiger partial charge on any atom is -0.497 e. The fourth-order valence-corrected chi connectivity index (χ4v) is 3.81. The highest BCUT2D eigenvalue weighted by molar-refractivity contribution is 6.17. The zero-order valence-electron chi connectivity index (χ0n) is 20.1. The van der Waals surface area contributed by atoms with E-state index in [0.717, 1.165) is 0 Å². The second kappa shape index (κ2) is 10.7. The fraction of sp³-hybridized carbons (Fsp3) is 0.100. The van der Waals surface area contributed by atoms with E-state index >= 15 is 0 Å². The highest BCUT2D eigenvalue weighted by Crippen LogP contribution is 2.24. The molecule has 0 fully saturated rings. The Hall–Kier alpha value is -4.71. The normalized spacial score (nSPS) is 10.4. The van der Waals surface area contributed by atoms with E-state index in [9.17, 15) is 14.4 Å². The zero-order chi connectivity index (χ0) is 25.7. The molecule has 0 saturated carbocycles. The van der Waals surface area contributed by atoms with Crippen LogP contribution in [0.15, 0.2) is 91.0 Å². The van der Waals surface area contributed by atoms with Crippen molar-refractivity contribution in [1.29, 1.82) is 0 Å². The molecule has 36 heavy (non-hydrogen) atoms. The van der Waals surface area contributed by atoms with Crippen LogP contribution < -0.4 is 14.2 Å². The molecule has 0 aromatic heterocycles. The lowest BCUT2D eigenvalue weighted by molar-refractivity contribution is 0.103. The number of carbonyl (C=O) groups is 3. The van der Waals surface area contributed by atoms with Crippen molar-refractivity contribution in [3.63, 3.8) is 0 Å². The van der Waals surface area contributed by atoms with Crippen LogP contribution >= 0.6 is 0 Å². The topological polar surface area (TPSA) is 78.9 Å². The molecule has 0 atom stereocenters. The molecule has 0 amide bonds. The third-order valence-electron chi connectivity index (χ3n) is 5.72. The van der Waals surface area contributed by atoms with Gasteiger partial charge >= 0.3 is 0 Å². The molecule has 4 aromatic carbocycles. The summed E-state index contributed by atoms with van der Waals surface area (Å²) in [4.78, 5) is 40.3. The van der Waals surface area contributed by atoms with Gasteiger partial charge < -0.3 is 14.2 Å². The minimum absolute atomic E-state index is 0.211. The van der Waals surface area contributed by atoms with Crippen LogP contribution in [0.3, 0.4) is 0 Å². The maximum absolute atomic E-state index is 13.4. The Morgan fingerprint density at radius 2 is 0.694 bits per heavy atom. The number of carbonyl (C=O) groups excluding carboxylic acids is 3. The number of hydrogen-bond acceptors (Lipinski definition) is 6. The molecular formula is C30H24O6. The molecule has 0 spiro atoms. The van der Waals surface area contributed by atoms with Crippen molar-refractivity contribution < 1.29 is 28.6 Å². The summed E-state index contributed by atoms with van der Waals surface area (Å²) < 4.78 is 15.7. The van der Waals surface area contributed by atoms with E-state index in [2.05, 4.69) is 0 Å². The van der Waals surface area contributed by atoms with Crippen molar-refractivity contribution in [3.8, 4) is 17.2 Å². The maximum Gasteiger partial charge on any atom is 0.193 e. The van der Waals surface area contributed by atoms with Gasteiger partial charge in [-0.05, 0) is 54.6 Å². The molecular weight excluding hydrogens is 456 g/mol. The average Bonchev–Trinajstić information content (AvgIpc) is 2.95. The van der Waals surface area contributed by atoms with Gasteiger partial charge in [0.2, 0.25) is 0 Å². The molecule has 6 heteroatoms. The van der Waals surface area contributed by atoms with Crippen LogP contribution in [0.1, 0.15) is 47.8 Å². The lowest BCUT2D eigenvalue weighted by atomic mass is 9.92. The van der Waals surface area contributed by atoms with Gasteiger partial charge in [-0.3, -0.25) is 14.4 Å². The third-order valence-corrected chi connectivity index (χ3v) is 5.72. The second-order valence-corrected chi connectivity index (χ2v) is 7.98. The first-order valence-corrected chi connectivity index (χ1v) is 11.1. The summed E-state index contributed by atoms with van der Waals surface area (Å²) in [5.41, 5.74) is 1.76. The van der Waals surface area contributed by atoms with Crippen LogP contribution in [-0.2, 0) is 0 Å². The van der Waals surface area contributed by atoms with Crippen molar-refractivity contribution in [2.45, 2.75) is 0 Å². The lowest BCUT2D eigenvalue weighted by Gasteiger charge is -2.11. The summed E-state index contributed by atoms with van der Waals surface area (Å²) in [5, 5.41) is 0. The summed E-state index contributed by atoms with van der Waals surface area (Å²) in [6, 6.07) is 24.7. The SMILES string of the molecule is COc1cccc(C(=O)c2cc(C(=O)c3cccc(OC)c3)cc(C(=O)c3cccc(OC)c3)c2)c1. The quantitative estimate of drug-likeness (QED) is 0.298. The summed E-state index contributed by atoms with van der Waals surface area (Å²) in [6.07, 6.45) is 0. The largest absolute Gasteiger partial charge is 0.497 e. The third kappa shape index (κ3) is 5.18. The van der Waals surface area contributed by atoms with Gasteiger partial charge in [-0.2, -0.15) is 0 Å². The molecule has 4 aromatic rings. The molecule has 0 heterocycles. The first kappa shape index (κ1) is 24.4. The number of ether oxygens (including phenoxy) is 3. The van der Waals surface area contributed by atoms with Crippen molar-refractivity contribution >= 4 is 17.3 Å². The summed E-state index contributed by atoms with van der Waals surface area (Å²) >= 11 is 0. The van der Waals surface area contributed by atoms with E-state index in [0.29, 0.717) is 33.9 Å². The highest BCUT2D eigenvalue weighted by atomic mass is 16.5. The van der Waals surface area contributed by atoms with Crippen molar-refractivity contribution in [2.75, 3.05) is 21.3 Å². The van der Waals surface area contributed by atoms with E-state index in [-0.39, 0.29) is 34.0 Å². The molecule has 0 aliphatic carbocycles. The first-order chi connectivity index (χ1) is 17.4. The molecule has 0 N–H and O–H groups in total. The molecule has 0 aliphatic heterocycles. The first-order valence-electron chi connectivity index (χ1n) is 11.1. The molecule has 4 rings (SSSR count). The van der Waals surface area contributed by atoms with E-state index in [1.807, 2.05) is 0 Å². The number of ketones is 3. The van der Waals surface area contributed by atoms with Crippen LogP contribution in [0.4, 0.5) is 0 Å². The summed E-state index contributed by atoms with van der Waals surface area (Å²) in [7, 11) is 4.55. The predicted molar refractivity (Wildman–Crippen MR) is 136 cm³/mol. The Kier molecular flexibility index (Phi) is 7.25. The summed E-state index contributed by atoms with van der Waals surface area (Å²) in [6.45, 7) is 0. The Morgan fingerprint density at radius 3 is 0.944 bits per heavy atom. The van der Waals surface area contributed by atoms with E-state index in [1.54, 1.807) is 72.8 Å². The molecule has 0 saturated heterocycles.